The standard InChI is InChI=1S/C15H17ClN2/c1-10-6-11(2)15(14(16)7-10)18-9-12-4-3-5-13(17)8-12/h3-8,18H,9,17H2,1-2H3. The van der Waals surface area contributed by atoms with Gasteiger partial charge in [0.25, 0.3) is 0 Å². The van der Waals surface area contributed by atoms with Crippen LogP contribution < -0.4 is 11.1 Å². The molecule has 2 aromatic carbocycles. The van der Waals surface area contributed by atoms with E-state index in [0.717, 1.165) is 27.5 Å². The SMILES string of the molecule is Cc1cc(C)c(NCc2cccc(N)c2)c(Cl)c1. The quantitative estimate of drug-likeness (QED) is 0.814. The topological polar surface area (TPSA) is 38.0 Å². The van der Waals surface area contributed by atoms with Gasteiger partial charge < -0.3 is 11.1 Å². The third-order valence-electron chi connectivity index (χ3n) is 2.85. The molecule has 0 spiro atoms. The molecule has 0 aromatic heterocycles. The summed E-state index contributed by atoms with van der Waals surface area (Å²) in [6.45, 7) is 4.82. The Labute approximate surface area is 113 Å². The predicted molar refractivity (Wildman–Crippen MR) is 79.1 cm³/mol. The average Bonchev–Trinajstić information content (AvgIpc) is 2.27. The van der Waals surface area contributed by atoms with Crippen LogP contribution in [0.15, 0.2) is 36.4 Å². The highest BCUT2D eigenvalue weighted by Gasteiger charge is 2.05. The van der Waals surface area contributed by atoms with Gasteiger partial charge in [-0.05, 0) is 48.7 Å². The second-order valence-corrected chi connectivity index (χ2v) is 4.94. The maximum Gasteiger partial charge on any atom is 0.0642 e. The molecule has 0 aliphatic rings. The van der Waals surface area contributed by atoms with Gasteiger partial charge in [0.1, 0.15) is 0 Å². The van der Waals surface area contributed by atoms with Gasteiger partial charge in [0, 0.05) is 12.2 Å². The molecule has 18 heavy (non-hydrogen) atoms. The molecule has 94 valence electrons. The summed E-state index contributed by atoms with van der Waals surface area (Å²) in [5, 5.41) is 4.13. The highest BCUT2D eigenvalue weighted by Crippen LogP contribution is 2.27. The summed E-state index contributed by atoms with van der Waals surface area (Å²) in [6, 6.07) is 11.9. The molecule has 0 fully saturated rings. The minimum absolute atomic E-state index is 0.717. The van der Waals surface area contributed by atoms with Crippen molar-refractivity contribution in [2.24, 2.45) is 0 Å². The maximum atomic E-state index is 6.25. The van der Waals surface area contributed by atoms with Gasteiger partial charge in [-0.3, -0.25) is 0 Å². The molecule has 0 heterocycles. The molecule has 0 saturated heterocycles. The van der Waals surface area contributed by atoms with Crippen molar-refractivity contribution in [3.8, 4) is 0 Å². The van der Waals surface area contributed by atoms with E-state index in [1.165, 1.54) is 5.56 Å². The number of hydrogen-bond acceptors (Lipinski definition) is 2. The van der Waals surface area contributed by atoms with E-state index in [-0.39, 0.29) is 0 Å². The zero-order valence-electron chi connectivity index (χ0n) is 10.6. The molecule has 3 heteroatoms. The zero-order valence-corrected chi connectivity index (χ0v) is 11.4. The number of benzene rings is 2. The fourth-order valence-corrected chi connectivity index (χ4v) is 2.42. The molecule has 0 amide bonds. The largest absolute Gasteiger partial charge is 0.399 e. The van der Waals surface area contributed by atoms with Crippen LogP contribution in [-0.2, 0) is 6.54 Å². The third kappa shape index (κ3) is 2.96. The van der Waals surface area contributed by atoms with Gasteiger partial charge in [-0.2, -0.15) is 0 Å². The number of halogens is 1. The second kappa shape index (κ2) is 5.32. The number of nitrogen functional groups attached to an aromatic ring is 1. The molecule has 0 saturated carbocycles. The van der Waals surface area contributed by atoms with Crippen molar-refractivity contribution in [3.05, 3.63) is 58.1 Å². The van der Waals surface area contributed by atoms with E-state index >= 15 is 0 Å². The first kappa shape index (κ1) is 12.8. The Morgan fingerprint density at radius 2 is 1.94 bits per heavy atom. The van der Waals surface area contributed by atoms with Crippen molar-refractivity contribution in [1.82, 2.24) is 0 Å². The van der Waals surface area contributed by atoms with Gasteiger partial charge in [0.2, 0.25) is 0 Å². The van der Waals surface area contributed by atoms with E-state index in [9.17, 15) is 0 Å². The lowest BCUT2D eigenvalue weighted by Crippen LogP contribution is -2.02. The predicted octanol–water partition coefficient (Wildman–Crippen LogP) is 4.15. The fourth-order valence-electron chi connectivity index (χ4n) is 2.03. The number of anilines is 2. The Bertz CT molecular complexity index is 541. The second-order valence-electron chi connectivity index (χ2n) is 4.54. The molecular formula is C15H17ClN2. The highest BCUT2D eigenvalue weighted by molar-refractivity contribution is 6.33. The van der Waals surface area contributed by atoms with Gasteiger partial charge in [-0.25, -0.2) is 0 Å². The van der Waals surface area contributed by atoms with Crippen LogP contribution in [0.25, 0.3) is 0 Å². The number of nitrogens with one attached hydrogen (secondary N) is 1. The van der Waals surface area contributed by atoms with E-state index in [0.29, 0.717) is 6.54 Å². The fraction of sp³-hybridized carbons (Fsp3) is 0.200. The minimum atomic E-state index is 0.717. The molecule has 0 unspecified atom stereocenters. The highest BCUT2D eigenvalue weighted by atomic mass is 35.5. The molecule has 0 aliphatic heterocycles. The molecule has 0 bridgehead atoms. The molecular weight excluding hydrogens is 244 g/mol. The van der Waals surface area contributed by atoms with Crippen molar-refractivity contribution >= 4 is 23.0 Å². The monoisotopic (exact) mass is 260 g/mol. The summed E-state index contributed by atoms with van der Waals surface area (Å²) in [5.41, 5.74) is 11.0. The molecule has 3 N–H and O–H groups in total. The van der Waals surface area contributed by atoms with E-state index in [4.69, 9.17) is 17.3 Å². The summed E-state index contributed by atoms with van der Waals surface area (Å²) in [5.74, 6) is 0. The summed E-state index contributed by atoms with van der Waals surface area (Å²) in [7, 11) is 0. The Morgan fingerprint density at radius 3 is 2.61 bits per heavy atom. The van der Waals surface area contributed by atoms with Crippen molar-refractivity contribution < 1.29 is 0 Å². The Morgan fingerprint density at radius 1 is 1.17 bits per heavy atom. The van der Waals surface area contributed by atoms with Crippen LogP contribution in [-0.4, -0.2) is 0 Å². The van der Waals surface area contributed by atoms with Crippen molar-refractivity contribution in [2.45, 2.75) is 20.4 Å². The summed E-state index contributed by atoms with van der Waals surface area (Å²) in [4.78, 5) is 0. The Balaban J connectivity index is 2.16. The zero-order chi connectivity index (χ0) is 13.1. The number of nitrogens with two attached hydrogens (primary N) is 1. The summed E-state index contributed by atoms with van der Waals surface area (Å²) >= 11 is 6.25. The van der Waals surface area contributed by atoms with E-state index < -0.39 is 0 Å². The molecule has 2 aromatic rings. The maximum absolute atomic E-state index is 6.25. The van der Waals surface area contributed by atoms with Gasteiger partial charge in [0.05, 0.1) is 10.7 Å². The van der Waals surface area contributed by atoms with Crippen LogP contribution in [0.1, 0.15) is 16.7 Å². The third-order valence-corrected chi connectivity index (χ3v) is 3.15. The summed E-state index contributed by atoms with van der Waals surface area (Å²) in [6.07, 6.45) is 0. The van der Waals surface area contributed by atoms with Crippen LogP contribution in [0, 0.1) is 13.8 Å². The lowest BCUT2D eigenvalue weighted by Gasteiger charge is -2.13. The summed E-state index contributed by atoms with van der Waals surface area (Å²) < 4.78 is 0. The van der Waals surface area contributed by atoms with Crippen LogP contribution in [0.5, 0.6) is 0 Å². The van der Waals surface area contributed by atoms with E-state index in [2.05, 4.69) is 18.3 Å². The first-order chi connectivity index (χ1) is 8.56. The lowest BCUT2D eigenvalue weighted by molar-refractivity contribution is 1.14. The van der Waals surface area contributed by atoms with Crippen molar-refractivity contribution in [2.75, 3.05) is 11.1 Å². The molecule has 0 aliphatic carbocycles. The molecule has 2 nitrogen and oxygen atoms in total. The van der Waals surface area contributed by atoms with Gasteiger partial charge in [0.15, 0.2) is 0 Å². The van der Waals surface area contributed by atoms with E-state index in [1.54, 1.807) is 0 Å². The first-order valence-corrected chi connectivity index (χ1v) is 6.29. The van der Waals surface area contributed by atoms with Crippen molar-refractivity contribution in [1.29, 1.82) is 0 Å². The van der Waals surface area contributed by atoms with Crippen molar-refractivity contribution in [3.63, 3.8) is 0 Å². The van der Waals surface area contributed by atoms with Crippen LogP contribution in [0.2, 0.25) is 5.02 Å². The minimum Gasteiger partial charge on any atom is -0.399 e. The van der Waals surface area contributed by atoms with Gasteiger partial charge in [-0.1, -0.05) is 29.8 Å². The number of rotatable bonds is 3. The normalized spacial score (nSPS) is 10.4. The van der Waals surface area contributed by atoms with Crippen LogP contribution in [0.4, 0.5) is 11.4 Å². The van der Waals surface area contributed by atoms with Gasteiger partial charge in [-0.15, -0.1) is 0 Å². The first-order valence-electron chi connectivity index (χ1n) is 5.91. The van der Waals surface area contributed by atoms with E-state index in [1.807, 2.05) is 37.3 Å². The van der Waals surface area contributed by atoms with Gasteiger partial charge >= 0.3 is 0 Å². The van der Waals surface area contributed by atoms with Crippen LogP contribution >= 0.6 is 11.6 Å². The number of hydrogen-bond donors (Lipinski definition) is 2. The Kier molecular flexibility index (Phi) is 3.78. The average molecular weight is 261 g/mol. The smallest absolute Gasteiger partial charge is 0.0642 e. The lowest BCUT2D eigenvalue weighted by atomic mass is 10.1. The molecule has 0 atom stereocenters. The number of aryl methyl sites for hydroxylation is 2. The molecule has 2 rings (SSSR count). The Hall–Kier alpha value is -1.67. The van der Waals surface area contributed by atoms with Crippen LogP contribution in [0.3, 0.4) is 0 Å². The molecule has 0 radical (unpaired) electrons.